The van der Waals surface area contributed by atoms with Crippen LogP contribution in [0.2, 0.25) is 0 Å². The molecular formula is C24H23F7O. The SMILES string of the molecule is CCCCCCCC1=CCc2c(cc(F)c(-c3cc(F)c(OC(F)(F)F)c(F)c3)c2F)C1. The fourth-order valence-corrected chi connectivity index (χ4v) is 3.98. The van der Waals surface area contributed by atoms with Crippen LogP contribution in [0.25, 0.3) is 11.1 Å². The number of hydrogen-bond donors (Lipinski definition) is 0. The minimum atomic E-state index is -5.31. The highest BCUT2D eigenvalue weighted by Gasteiger charge is 2.34. The smallest absolute Gasteiger partial charge is 0.399 e. The molecule has 2 aromatic rings. The average molecular weight is 460 g/mol. The second-order valence-electron chi connectivity index (χ2n) is 7.91. The first-order valence-electron chi connectivity index (χ1n) is 10.5. The summed E-state index contributed by atoms with van der Waals surface area (Å²) < 4.78 is 98.3. The molecule has 0 heterocycles. The highest BCUT2D eigenvalue weighted by molar-refractivity contribution is 5.68. The van der Waals surface area contributed by atoms with Gasteiger partial charge in [-0.3, -0.25) is 0 Å². The maximum Gasteiger partial charge on any atom is 0.573 e. The van der Waals surface area contributed by atoms with Gasteiger partial charge in [0, 0.05) is 0 Å². The van der Waals surface area contributed by atoms with Crippen molar-refractivity contribution in [3.8, 4) is 16.9 Å². The van der Waals surface area contributed by atoms with E-state index in [1.807, 2.05) is 6.08 Å². The van der Waals surface area contributed by atoms with Crippen molar-refractivity contribution in [2.24, 2.45) is 0 Å². The fourth-order valence-electron chi connectivity index (χ4n) is 3.98. The Kier molecular flexibility index (Phi) is 7.51. The largest absolute Gasteiger partial charge is 0.573 e. The molecule has 0 saturated heterocycles. The molecule has 0 bridgehead atoms. The second kappa shape index (κ2) is 9.96. The summed E-state index contributed by atoms with van der Waals surface area (Å²) in [6.45, 7) is 2.13. The van der Waals surface area contributed by atoms with Crippen LogP contribution in [0, 0.1) is 23.3 Å². The molecule has 0 spiro atoms. The summed E-state index contributed by atoms with van der Waals surface area (Å²) in [5, 5.41) is 0. The second-order valence-corrected chi connectivity index (χ2v) is 7.91. The molecule has 1 aliphatic carbocycles. The van der Waals surface area contributed by atoms with E-state index in [9.17, 15) is 26.3 Å². The molecule has 0 saturated carbocycles. The van der Waals surface area contributed by atoms with E-state index in [1.165, 1.54) is 6.42 Å². The van der Waals surface area contributed by atoms with Gasteiger partial charge in [0.25, 0.3) is 0 Å². The molecule has 1 aliphatic rings. The van der Waals surface area contributed by atoms with Gasteiger partial charge < -0.3 is 4.74 Å². The van der Waals surface area contributed by atoms with E-state index >= 15 is 4.39 Å². The third kappa shape index (κ3) is 5.64. The number of ether oxygens (including phenoxy) is 1. The first kappa shape index (κ1) is 24.1. The van der Waals surface area contributed by atoms with E-state index in [0.717, 1.165) is 43.7 Å². The van der Waals surface area contributed by atoms with Gasteiger partial charge >= 0.3 is 6.36 Å². The van der Waals surface area contributed by atoms with E-state index in [0.29, 0.717) is 24.1 Å². The van der Waals surface area contributed by atoms with E-state index < -0.39 is 46.5 Å². The van der Waals surface area contributed by atoms with Gasteiger partial charge in [-0.1, -0.05) is 44.3 Å². The molecule has 8 heteroatoms. The van der Waals surface area contributed by atoms with Crippen LogP contribution in [0.3, 0.4) is 0 Å². The third-order valence-electron chi connectivity index (χ3n) is 5.53. The van der Waals surface area contributed by atoms with E-state index in [4.69, 9.17) is 0 Å². The van der Waals surface area contributed by atoms with Gasteiger partial charge in [-0.05, 0) is 60.6 Å². The number of unbranched alkanes of at least 4 members (excludes halogenated alkanes) is 4. The molecule has 3 rings (SSSR count). The summed E-state index contributed by atoms with van der Waals surface area (Å²) in [5.41, 5.74) is 0.543. The Morgan fingerprint density at radius 3 is 2.16 bits per heavy atom. The predicted molar refractivity (Wildman–Crippen MR) is 107 cm³/mol. The summed E-state index contributed by atoms with van der Waals surface area (Å²) >= 11 is 0. The highest BCUT2D eigenvalue weighted by Crippen LogP contribution is 2.38. The van der Waals surface area contributed by atoms with Crippen LogP contribution in [-0.4, -0.2) is 6.36 Å². The van der Waals surface area contributed by atoms with Crippen LogP contribution in [0.1, 0.15) is 56.6 Å². The highest BCUT2D eigenvalue weighted by atomic mass is 19.4. The van der Waals surface area contributed by atoms with Crippen LogP contribution in [-0.2, 0) is 12.8 Å². The van der Waals surface area contributed by atoms with Crippen LogP contribution in [0.15, 0.2) is 29.8 Å². The molecule has 0 N–H and O–H groups in total. The van der Waals surface area contributed by atoms with Crippen molar-refractivity contribution in [3.05, 3.63) is 64.2 Å². The van der Waals surface area contributed by atoms with Gasteiger partial charge in [0.2, 0.25) is 5.75 Å². The van der Waals surface area contributed by atoms with Gasteiger partial charge in [-0.15, -0.1) is 13.2 Å². The first-order valence-corrected chi connectivity index (χ1v) is 10.5. The van der Waals surface area contributed by atoms with Gasteiger partial charge in [0.1, 0.15) is 11.6 Å². The summed E-state index contributed by atoms with van der Waals surface area (Å²) in [5.74, 6) is -7.10. The maximum atomic E-state index is 15.1. The lowest BCUT2D eigenvalue weighted by molar-refractivity contribution is -0.276. The molecule has 0 fully saturated rings. The molecule has 0 amide bonds. The quantitative estimate of drug-likeness (QED) is 0.219. The van der Waals surface area contributed by atoms with Crippen molar-refractivity contribution >= 4 is 0 Å². The van der Waals surface area contributed by atoms with Crippen molar-refractivity contribution in [2.75, 3.05) is 0 Å². The lowest BCUT2D eigenvalue weighted by atomic mass is 9.86. The summed E-state index contributed by atoms with van der Waals surface area (Å²) in [4.78, 5) is 0. The zero-order valence-corrected chi connectivity index (χ0v) is 17.5. The van der Waals surface area contributed by atoms with E-state index in [-0.39, 0.29) is 12.0 Å². The minimum absolute atomic E-state index is 0.207. The molecule has 0 atom stereocenters. The number of benzene rings is 2. The lowest BCUT2D eigenvalue weighted by Gasteiger charge is -2.20. The Morgan fingerprint density at radius 1 is 0.875 bits per heavy atom. The van der Waals surface area contributed by atoms with Gasteiger partial charge in [0.15, 0.2) is 11.6 Å². The number of halogens is 7. The monoisotopic (exact) mass is 460 g/mol. The topological polar surface area (TPSA) is 9.23 Å². The zero-order chi connectivity index (χ0) is 23.5. The third-order valence-corrected chi connectivity index (χ3v) is 5.53. The predicted octanol–water partition coefficient (Wildman–Crippen LogP) is 8.19. The molecule has 0 aromatic heterocycles. The molecule has 1 nitrogen and oxygen atoms in total. The van der Waals surface area contributed by atoms with Crippen molar-refractivity contribution in [1.82, 2.24) is 0 Å². The molecule has 32 heavy (non-hydrogen) atoms. The standard InChI is InChI=1S/C24H23F7O/c1-2-3-4-5-6-7-14-8-9-17-15(10-14)11-18(25)21(22(17)28)16-12-19(26)23(20(27)13-16)32-24(29,30)31/h8,11-13H,2-7,9-10H2,1H3. The maximum absolute atomic E-state index is 15.1. The van der Waals surface area contributed by atoms with Crippen LogP contribution in [0.5, 0.6) is 5.75 Å². The molecule has 0 aliphatic heterocycles. The molecule has 0 radical (unpaired) electrons. The number of fused-ring (bicyclic) bond motifs is 1. The molecule has 0 unspecified atom stereocenters. The van der Waals surface area contributed by atoms with Gasteiger partial charge in [-0.2, -0.15) is 0 Å². The Hall–Kier alpha value is -2.51. The lowest BCUT2D eigenvalue weighted by Crippen LogP contribution is -2.19. The molecule has 174 valence electrons. The van der Waals surface area contributed by atoms with E-state index in [2.05, 4.69) is 11.7 Å². The van der Waals surface area contributed by atoms with Crippen molar-refractivity contribution < 1.29 is 35.5 Å². The number of hydrogen-bond acceptors (Lipinski definition) is 1. The van der Waals surface area contributed by atoms with Crippen molar-refractivity contribution in [2.45, 2.75) is 64.7 Å². The summed E-state index contributed by atoms with van der Waals surface area (Å²) in [7, 11) is 0. The Morgan fingerprint density at radius 2 is 1.53 bits per heavy atom. The first-order chi connectivity index (χ1) is 15.1. The number of rotatable bonds is 8. The Bertz CT molecular complexity index is 985. The minimum Gasteiger partial charge on any atom is -0.399 e. The van der Waals surface area contributed by atoms with Crippen molar-refractivity contribution in [3.63, 3.8) is 0 Å². The summed E-state index contributed by atoms with van der Waals surface area (Å²) in [6, 6.07) is 1.99. The Labute approximate surface area is 181 Å². The fraction of sp³-hybridized carbons (Fsp3) is 0.417. The van der Waals surface area contributed by atoms with E-state index in [1.54, 1.807) is 0 Å². The number of allylic oxidation sites excluding steroid dienone is 2. The van der Waals surface area contributed by atoms with Gasteiger partial charge in [-0.25, -0.2) is 17.6 Å². The van der Waals surface area contributed by atoms with Crippen LogP contribution in [0.4, 0.5) is 30.7 Å². The molecule has 2 aromatic carbocycles. The normalized spacial score (nSPS) is 13.7. The van der Waals surface area contributed by atoms with Crippen molar-refractivity contribution in [1.29, 1.82) is 0 Å². The zero-order valence-electron chi connectivity index (χ0n) is 17.5. The average Bonchev–Trinajstić information content (AvgIpc) is 2.70. The Balaban J connectivity index is 1.85. The number of alkyl halides is 3. The van der Waals surface area contributed by atoms with Gasteiger partial charge in [0.05, 0.1) is 5.56 Å². The van der Waals surface area contributed by atoms with Crippen LogP contribution >= 0.6 is 0 Å². The molecular weight excluding hydrogens is 437 g/mol. The van der Waals surface area contributed by atoms with Crippen LogP contribution < -0.4 is 4.74 Å². The summed E-state index contributed by atoms with van der Waals surface area (Å²) in [6.07, 6.45) is 3.55.